The number of likely N-dealkylation sites (N-methyl/N-ethyl adjacent to an activating group) is 1. The number of benzene rings is 2. The van der Waals surface area contributed by atoms with Crippen molar-refractivity contribution in [3.8, 4) is 5.75 Å². The van der Waals surface area contributed by atoms with Gasteiger partial charge in [-0.15, -0.1) is 0 Å². The van der Waals surface area contributed by atoms with Crippen LogP contribution in [-0.2, 0) is 4.57 Å². The van der Waals surface area contributed by atoms with Gasteiger partial charge in [0, 0.05) is 48.9 Å². The highest BCUT2D eigenvalue weighted by atomic mass is 31.2. The van der Waals surface area contributed by atoms with Crippen LogP contribution in [0.1, 0.15) is 46.5 Å². The van der Waals surface area contributed by atoms with Crippen LogP contribution in [-0.4, -0.2) is 83.2 Å². The number of anilines is 5. The molecule has 0 aliphatic carbocycles. The Bertz CT molecular complexity index is 1640. The fourth-order valence-electron chi connectivity index (χ4n) is 5.98. The summed E-state index contributed by atoms with van der Waals surface area (Å²) in [5.74, 6) is 1.90. The SMILES string of the molecule is CCCCOc1cc(Nc2nc(Nc3ccccc3P(C)(C)=O)c3cc[nH]c3n2)ccc1N1CCC(N(C)CC(C)(C)O)CC1. The average molecular weight is 634 g/mol. The van der Waals surface area contributed by atoms with E-state index in [1.54, 1.807) is 13.3 Å². The lowest BCUT2D eigenvalue weighted by molar-refractivity contribution is 0.0274. The zero-order chi connectivity index (χ0) is 32.2. The average Bonchev–Trinajstić information content (AvgIpc) is 3.46. The number of aromatic nitrogens is 3. The van der Waals surface area contributed by atoms with Crippen molar-refractivity contribution in [3.63, 3.8) is 0 Å². The molecule has 1 fully saturated rings. The van der Waals surface area contributed by atoms with Gasteiger partial charge in [0.05, 0.1) is 29.0 Å². The molecule has 0 saturated carbocycles. The Balaban J connectivity index is 1.37. The fraction of sp³-hybridized carbons (Fsp3) is 0.471. The minimum atomic E-state index is -2.52. The Morgan fingerprint density at radius 3 is 2.58 bits per heavy atom. The molecule has 10 nitrogen and oxygen atoms in total. The van der Waals surface area contributed by atoms with E-state index in [2.05, 4.69) is 45.5 Å². The van der Waals surface area contributed by atoms with Gasteiger partial charge in [-0.3, -0.25) is 0 Å². The van der Waals surface area contributed by atoms with Crippen molar-refractivity contribution in [1.82, 2.24) is 19.9 Å². The summed E-state index contributed by atoms with van der Waals surface area (Å²) in [5.41, 5.74) is 2.67. The molecular weight excluding hydrogens is 585 g/mol. The molecule has 2 aromatic carbocycles. The van der Waals surface area contributed by atoms with Crippen LogP contribution in [0.2, 0.25) is 0 Å². The molecule has 242 valence electrons. The van der Waals surface area contributed by atoms with E-state index in [9.17, 15) is 9.67 Å². The van der Waals surface area contributed by atoms with E-state index in [-0.39, 0.29) is 0 Å². The molecule has 4 N–H and O–H groups in total. The van der Waals surface area contributed by atoms with Gasteiger partial charge in [-0.25, -0.2) is 0 Å². The summed E-state index contributed by atoms with van der Waals surface area (Å²) < 4.78 is 19.3. The number of aliphatic hydroxyl groups is 1. The fourth-order valence-corrected chi connectivity index (χ4v) is 7.14. The largest absolute Gasteiger partial charge is 0.491 e. The monoisotopic (exact) mass is 633 g/mol. The van der Waals surface area contributed by atoms with Gasteiger partial charge in [-0.05, 0) is 83.8 Å². The quantitative estimate of drug-likeness (QED) is 0.0961. The van der Waals surface area contributed by atoms with Crippen molar-refractivity contribution in [2.75, 3.05) is 62.2 Å². The Kier molecular flexibility index (Phi) is 10.1. The van der Waals surface area contributed by atoms with Crippen molar-refractivity contribution in [1.29, 1.82) is 0 Å². The van der Waals surface area contributed by atoms with Crippen LogP contribution in [0.3, 0.4) is 0 Å². The van der Waals surface area contributed by atoms with Gasteiger partial charge in [0.15, 0.2) is 0 Å². The van der Waals surface area contributed by atoms with Crippen LogP contribution >= 0.6 is 7.14 Å². The number of unbranched alkanes of at least 4 members (excludes halogenated alkanes) is 1. The first-order valence-corrected chi connectivity index (χ1v) is 18.5. The number of piperidine rings is 1. The molecule has 0 radical (unpaired) electrons. The predicted molar refractivity (Wildman–Crippen MR) is 187 cm³/mol. The molecule has 0 unspecified atom stereocenters. The second-order valence-electron chi connectivity index (χ2n) is 13.1. The summed E-state index contributed by atoms with van der Waals surface area (Å²) >= 11 is 0. The number of nitrogens with one attached hydrogen (secondary N) is 3. The highest BCUT2D eigenvalue weighted by Gasteiger charge is 2.27. The topological polar surface area (TPSA) is 119 Å². The number of nitrogens with zero attached hydrogens (tertiary/aromatic N) is 4. The lowest BCUT2D eigenvalue weighted by atomic mass is 10.0. The molecule has 5 rings (SSSR count). The van der Waals surface area contributed by atoms with Gasteiger partial charge < -0.3 is 39.8 Å². The number of fused-ring (bicyclic) bond motifs is 1. The van der Waals surface area contributed by atoms with Gasteiger partial charge in [0.1, 0.15) is 24.4 Å². The first-order chi connectivity index (χ1) is 21.4. The smallest absolute Gasteiger partial charge is 0.231 e. The van der Waals surface area contributed by atoms with E-state index in [1.807, 2.05) is 62.5 Å². The minimum absolute atomic E-state index is 0.434. The molecule has 0 amide bonds. The lowest BCUT2D eigenvalue weighted by Crippen LogP contribution is -2.47. The van der Waals surface area contributed by atoms with Crippen LogP contribution in [0.15, 0.2) is 54.7 Å². The zero-order valence-corrected chi connectivity index (χ0v) is 28.3. The van der Waals surface area contributed by atoms with E-state index >= 15 is 0 Å². The number of hydrogen-bond donors (Lipinski definition) is 4. The summed E-state index contributed by atoms with van der Waals surface area (Å²) in [4.78, 5) is 17.5. The van der Waals surface area contributed by atoms with Crippen LogP contribution in [0.25, 0.3) is 11.0 Å². The van der Waals surface area contributed by atoms with E-state index in [0.717, 1.165) is 72.3 Å². The molecule has 4 aromatic rings. The Morgan fingerprint density at radius 2 is 1.87 bits per heavy atom. The predicted octanol–water partition coefficient (Wildman–Crippen LogP) is 6.54. The standard InChI is InChI=1S/C34H48N7O3P/c1-7-8-21-44-29-22-24(13-14-28(29)41-19-16-25(17-20-41)40(4)23-34(2,3)42)36-33-38-31-26(15-18-35-31)32(39-33)37-27-11-9-10-12-30(27)45(5,6)43/h9-15,18,22,25,42H,7-8,16-17,19-21,23H2,1-6H3,(H3,35,36,37,38,39). The highest BCUT2D eigenvalue weighted by Crippen LogP contribution is 2.39. The third kappa shape index (κ3) is 8.37. The zero-order valence-electron chi connectivity index (χ0n) is 27.4. The Morgan fingerprint density at radius 1 is 1.11 bits per heavy atom. The molecule has 0 spiro atoms. The van der Waals surface area contributed by atoms with Crippen molar-refractivity contribution in [3.05, 3.63) is 54.7 Å². The molecule has 0 bridgehead atoms. The molecule has 1 aliphatic rings. The lowest BCUT2D eigenvalue weighted by Gasteiger charge is -2.40. The first-order valence-electron chi connectivity index (χ1n) is 15.9. The van der Waals surface area contributed by atoms with Crippen molar-refractivity contribution in [2.45, 2.75) is 58.1 Å². The number of rotatable bonds is 13. The molecular formula is C34H48N7O3P. The summed E-state index contributed by atoms with van der Waals surface area (Å²) in [6.07, 6.45) is 5.92. The van der Waals surface area contributed by atoms with Crippen LogP contribution < -0.4 is 25.6 Å². The third-order valence-corrected chi connectivity index (χ3v) is 9.74. The normalized spacial score (nSPS) is 14.7. The number of para-hydroxylation sites is 1. The van der Waals surface area contributed by atoms with E-state index in [0.29, 0.717) is 36.6 Å². The molecule has 45 heavy (non-hydrogen) atoms. The first kappa shape index (κ1) is 32.8. The molecule has 3 heterocycles. The Labute approximate surface area is 267 Å². The van der Waals surface area contributed by atoms with Crippen molar-refractivity contribution < 1.29 is 14.4 Å². The third-order valence-electron chi connectivity index (χ3n) is 8.19. The van der Waals surface area contributed by atoms with E-state index < -0.39 is 12.7 Å². The Hall–Kier alpha value is -3.59. The second kappa shape index (κ2) is 13.8. The maximum atomic E-state index is 13.0. The second-order valence-corrected chi connectivity index (χ2v) is 16.3. The summed E-state index contributed by atoms with van der Waals surface area (Å²) in [6, 6.07) is 16.2. The maximum absolute atomic E-state index is 13.0. The van der Waals surface area contributed by atoms with Gasteiger partial charge >= 0.3 is 0 Å². The van der Waals surface area contributed by atoms with E-state index in [4.69, 9.17) is 14.7 Å². The number of ether oxygens (including phenoxy) is 1. The van der Waals surface area contributed by atoms with Crippen LogP contribution in [0.4, 0.5) is 28.8 Å². The minimum Gasteiger partial charge on any atom is -0.491 e. The summed E-state index contributed by atoms with van der Waals surface area (Å²) in [7, 11) is -0.408. The van der Waals surface area contributed by atoms with Gasteiger partial charge in [0.25, 0.3) is 0 Å². The summed E-state index contributed by atoms with van der Waals surface area (Å²) in [6.45, 7) is 12.6. The summed E-state index contributed by atoms with van der Waals surface area (Å²) in [5, 5.41) is 18.7. The van der Waals surface area contributed by atoms with Gasteiger partial charge in [0.2, 0.25) is 5.95 Å². The van der Waals surface area contributed by atoms with E-state index in [1.165, 1.54) is 0 Å². The van der Waals surface area contributed by atoms with Crippen molar-refractivity contribution >= 4 is 52.3 Å². The van der Waals surface area contributed by atoms with Gasteiger partial charge in [-0.2, -0.15) is 9.97 Å². The number of aromatic amines is 1. The molecule has 1 saturated heterocycles. The highest BCUT2D eigenvalue weighted by molar-refractivity contribution is 7.70. The molecule has 11 heteroatoms. The maximum Gasteiger partial charge on any atom is 0.231 e. The number of hydrogen-bond acceptors (Lipinski definition) is 9. The van der Waals surface area contributed by atoms with Crippen LogP contribution in [0.5, 0.6) is 5.75 Å². The molecule has 0 atom stereocenters. The molecule has 1 aliphatic heterocycles. The van der Waals surface area contributed by atoms with Gasteiger partial charge in [-0.1, -0.05) is 25.5 Å². The molecule has 2 aromatic heterocycles. The van der Waals surface area contributed by atoms with Crippen molar-refractivity contribution in [2.24, 2.45) is 0 Å². The number of H-pyrrole nitrogens is 1. The van der Waals surface area contributed by atoms with Crippen LogP contribution in [0, 0.1) is 0 Å².